The maximum absolute atomic E-state index is 12.3. The van der Waals surface area contributed by atoms with Crippen LogP contribution in [0.15, 0.2) is 36.4 Å². The fourth-order valence-electron chi connectivity index (χ4n) is 2.42. The topological polar surface area (TPSA) is 102 Å². The van der Waals surface area contributed by atoms with Gasteiger partial charge in [-0.2, -0.15) is 0 Å². The third-order valence-electron chi connectivity index (χ3n) is 4.02. The highest BCUT2D eigenvalue weighted by Crippen LogP contribution is 2.25. The predicted molar refractivity (Wildman–Crippen MR) is 102 cm³/mol. The van der Waals surface area contributed by atoms with Crippen molar-refractivity contribution in [3.8, 4) is 0 Å². The Hall–Kier alpha value is -3.42. The number of ether oxygens (including phenoxy) is 1. The first-order valence-corrected chi connectivity index (χ1v) is 8.19. The lowest BCUT2D eigenvalue weighted by atomic mass is 10.1. The Morgan fingerprint density at radius 3 is 2.41 bits per heavy atom. The SMILES string of the molecule is Cc1ccc(NC(=O)COC(=O)c2cc([N+](=O)[O-])ccc2N(C)C)cc1C. The molecule has 0 aliphatic heterocycles. The van der Waals surface area contributed by atoms with Gasteiger partial charge in [-0.1, -0.05) is 6.07 Å². The van der Waals surface area contributed by atoms with Crippen molar-refractivity contribution in [2.45, 2.75) is 13.8 Å². The Morgan fingerprint density at radius 1 is 1.11 bits per heavy atom. The van der Waals surface area contributed by atoms with Gasteiger partial charge in [0.25, 0.3) is 11.6 Å². The second-order valence-electron chi connectivity index (χ2n) is 6.28. The minimum Gasteiger partial charge on any atom is -0.452 e. The molecule has 2 aromatic rings. The van der Waals surface area contributed by atoms with Crippen LogP contribution in [0, 0.1) is 24.0 Å². The number of anilines is 2. The van der Waals surface area contributed by atoms with Crippen molar-refractivity contribution in [3.63, 3.8) is 0 Å². The number of benzene rings is 2. The molecular formula is C19H21N3O5. The van der Waals surface area contributed by atoms with Crippen molar-refractivity contribution in [1.29, 1.82) is 0 Å². The molecule has 0 spiro atoms. The normalized spacial score (nSPS) is 10.2. The zero-order valence-corrected chi connectivity index (χ0v) is 15.6. The molecule has 0 atom stereocenters. The minimum absolute atomic E-state index is 0.0215. The molecule has 0 bridgehead atoms. The fourth-order valence-corrected chi connectivity index (χ4v) is 2.42. The van der Waals surface area contributed by atoms with Crippen molar-refractivity contribution >= 4 is 28.9 Å². The van der Waals surface area contributed by atoms with E-state index in [-0.39, 0.29) is 11.3 Å². The Labute approximate surface area is 156 Å². The summed E-state index contributed by atoms with van der Waals surface area (Å²) in [7, 11) is 3.40. The van der Waals surface area contributed by atoms with Crippen molar-refractivity contribution in [3.05, 3.63) is 63.2 Å². The molecule has 8 heteroatoms. The van der Waals surface area contributed by atoms with E-state index >= 15 is 0 Å². The largest absolute Gasteiger partial charge is 0.452 e. The van der Waals surface area contributed by atoms with Crippen LogP contribution in [0.25, 0.3) is 0 Å². The van der Waals surface area contributed by atoms with E-state index in [2.05, 4.69) is 5.32 Å². The van der Waals surface area contributed by atoms with Gasteiger partial charge in [0.2, 0.25) is 0 Å². The number of carbonyl (C=O) groups is 2. The lowest BCUT2D eigenvalue weighted by Gasteiger charge is -2.16. The number of hydrogen-bond acceptors (Lipinski definition) is 6. The number of nitro benzene ring substituents is 1. The standard InChI is InChI=1S/C19H21N3O5/c1-12-5-6-14(9-13(12)2)20-18(23)11-27-19(24)16-10-15(22(25)26)7-8-17(16)21(3)4/h5-10H,11H2,1-4H3,(H,20,23). The highest BCUT2D eigenvalue weighted by molar-refractivity contribution is 5.99. The van der Waals surface area contributed by atoms with E-state index in [9.17, 15) is 19.7 Å². The van der Waals surface area contributed by atoms with E-state index in [1.54, 1.807) is 25.1 Å². The summed E-state index contributed by atoms with van der Waals surface area (Å²) in [6.07, 6.45) is 0. The zero-order chi connectivity index (χ0) is 20.1. The van der Waals surface area contributed by atoms with Gasteiger partial charge in [-0.05, 0) is 43.2 Å². The molecule has 0 unspecified atom stereocenters. The first kappa shape index (κ1) is 19.9. The summed E-state index contributed by atoms with van der Waals surface area (Å²) < 4.78 is 5.04. The molecule has 0 aromatic heterocycles. The molecule has 2 aromatic carbocycles. The van der Waals surface area contributed by atoms with Gasteiger partial charge in [0.15, 0.2) is 6.61 Å². The van der Waals surface area contributed by atoms with Crippen LogP contribution < -0.4 is 10.2 Å². The summed E-state index contributed by atoms with van der Waals surface area (Å²) in [4.78, 5) is 36.4. The molecule has 0 aliphatic carbocycles. The van der Waals surface area contributed by atoms with E-state index in [0.717, 1.165) is 17.2 Å². The van der Waals surface area contributed by atoms with Crippen molar-refractivity contribution in [2.24, 2.45) is 0 Å². The number of nitrogens with zero attached hydrogens (tertiary/aromatic N) is 2. The van der Waals surface area contributed by atoms with Crippen molar-refractivity contribution in [1.82, 2.24) is 0 Å². The first-order valence-electron chi connectivity index (χ1n) is 8.19. The van der Waals surface area contributed by atoms with Gasteiger partial charge in [-0.25, -0.2) is 4.79 Å². The second-order valence-corrected chi connectivity index (χ2v) is 6.28. The lowest BCUT2D eigenvalue weighted by molar-refractivity contribution is -0.384. The van der Waals surface area contributed by atoms with Crippen LogP contribution >= 0.6 is 0 Å². The number of nitro groups is 1. The van der Waals surface area contributed by atoms with Crippen molar-refractivity contribution < 1.29 is 19.2 Å². The first-order chi connectivity index (χ1) is 12.7. The van der Waals surface area contributed by atoms with Gasteiger partial charge in [-0.3, -0.25) is 14.9 Å². The molecule has 1 N–H and O–H groups in total. The van der Waals surface area contributed by atoms with Crippen LogP contribution in [-0.2, 0) is 9.53 Å². The molecule has 2 rings (SSSR count). The molecule has 1 amide bonds. The summed E-state index contributed by atoms with van der Waals surface area (Å²) in [5.41, 5.74) is 2.97. The van der Waals surface area contributed by atoms with Gasteiger partial charge < -0.3 is 15.0 Å². The number of amides is 1. The van der Waals surface area contributed by atoms with Crippen LogP contribution in [0.5, 0.6) is 0 Å². The molecule has 142 valence electrons. The Kier molecular flexibility index (Phi) is 6.12. The number of rotatable bonds is 6. The van der Waals surface area contributed by atoms with Gasteiger partial charge in [0.1, 0.15) is 0 Å². The minimum atomic E-state index is -0.808. The van der Waals surface area contributed by atoms with Crippen molar-refractivity contribution in [2.75, 3.05) is 30.9 Å². The van der Waals surface area contributed by atoms with E-state index in [4.69, 9.17) is 4.74 Å². The summed E-state index contributed by atoms with van der Waals surface area (Å²) in [6.45, 7) is 3.39. The van der Waals surface area contributed by atoms with Gasteiger partial charge in [0.05, 0.1) is 16.2 Å². The van der Waals surface area contributed by atoms with Gasteiger partial charge >= 0.3 is 5.97 Å². The maximum atomic E-state index is 12.3. The number of non-ortho nitro benzene ring substituents is 1. The predicted octanol–water partition coefficient (Wildman–Crippen LogP) is 3.07. The summed E-state index contributed by atoms with van der Waals surface area (Å²) in [5, 5.41) is 13.6. The smallest absolute Gasteiger partial charge is 0.341 e. The van der Waals surface area contributed by atoms with E-state index in [1.807, 2.05) is 26.0 Å². The van der Waals surface area contributed by atoms with Crippen LogP contribution in [0.2, 0.25) is 0 Å². The number of nitrogens with one attached hydrogen (secondary N) is 1. The van der Waals surface area contributed by atoms with E-state index < -0.39 is 23.4 Å². The van der Waals surface area contributed by atoms with E-state index in [1.165, 1.54) is 12.1 Å². The average Bonchev–Trinajstić information content (AvgIpc) is 2.62. The number of hydrogen-bond donors (Lipinski definition) is 1. The number of carbonyl (C=O) groups excluding carboxylic acids is 2. The molecule has 0 fully saturated rings. The average molecular weight is 371 g/mol. The molecule has 0 saturated carbocycles. The molecular weight excluding hydrogens is 350 g/mol. The number of aryl methyl sites for hydroxylation is 2. The Balaban J connectivity index is 2.08. The van der Waals surface area contributed by atoms with Gasteiger partial charge in [-0.15, -0.1) is 0 Å². The maximum Gasteiger partial charge on any atom is 0.341 e. The fraction of sp³-hybridized carbons (Fsp3) is 0.263. The zero-order valence-electron chi connectivity index (χ0n) is 15.6. The molecule has 0 saturated heterocycles. The monoisotopic (exact) mass is 371 g/mol. The third kappa shape index (κ3) is 5.04. The van der Waals surface area contributed by atoms with E-state index in [0.29, 0.717) is 11.4 Å². The molecule has 0 heterocycles. The van der Waals surface area contributed by atoms with Crippen LogP contribution in [-0.4, -0.2) is 37.5 Å². The van der Waals surface area contributed by atoms with Crippen LogP contribution in [0.4, 0.5) is 17.1 Å². The molecule has 0 radical (unpaired) electrons. The summed E-state index contributed by atoms with van der Waals surface area (Å²) in [5.74, 6) is -1.30. The Bertz CT molecular complexity index is 893. The summed E-state index contributed by atoms with van der Waals surface area (Å²) in [6, 6.07) is 9.36. The lowest BCUT2D eigenvalue weighted by Crippen LogP contribution is -2.22. The molecule has 8 nitrogen and oxygen atoms in total. The summed E-state index contributed by atoms with van der Waals surface area (Å²) >= 11 is 0. The number of esters is 1. The quantitative estimate of drug-likeness (QED) is 0.476. The Morgan fingerprint density at radius 2 is 1.81 bits per heavy atom. The van der Waals surface area contributed by atoms with Crippen LogP contribution in [0.3, 0.4) is 0 Å². The van der Waals surface area contributed by atoms with Crippen LogP contribution in [0.1, 0.15) is 21.5 Å². The highest BCUT2D eigenvalue weighted by atomic mass is 16.6. The highest BCUT2D eigenvalue weighted by Gasteiger charge is 2.20. The second kappa shape index (κ2) is 8.31. The molecule has 27 heavy (non-hydrogen) atoms. The molecule has 0 aliphatic rings. The third-order valence-corrected chi connectivity index (χ3v) is 4.02. The van der Waals surface area contributed by atoms with Gasteiger partial charge in [0, 0.05) is 31.9 Å².